The van der Waals surface area contributed by atoms with Crippen molar-refractivity contribution in [1.82, 2.24) is 25.3 Å². The van der Waals surface area contributed by atoms with E-state index in [-0.39, 0.29) is 35.3 Å². The average Bonchev–Trinajstić information content (AvgIpc) is 3.25. The molecule has 46 heavy (non-hydrogen) atoms. The summed E-state index contributed by atoms with van der Waals surface area (Å²) in [4.78, 5) is 69.6. The monoisotopic (exact) mass is 635 g/mol. The highest BCUT2D eigenvalue weighted by atomic mass is 19.1. The maximum Gasteiger partial charge on any atom is 0.359 e. The first-order valence-electron chi connectivity index (χ1n) is 15.7. The zero-order valence-electron chi connectivity index (χ0n) is 26.3. The second-order valence-electron chi connectivity index (χ2n) is 13.3. The van der Waals surface area contributed by atoms with Crippen LogP contribution in [0.1, 0.15) is 77.7 Å². The molecule has 6 rings (SSSR count). The van der Waals surface area contributed by atoms with Crippen molar-refractivity contribution in [3.63, 3.8) is 0 Å². The first kappa shape index (κ1) is 31.5. The first-order valence-corrected chi connectivity index (χ1v) is 15.7. The van der Waals surface area contributed by atoms with E-state index >= 15 is 4.39 Å². The summed E-state index contributed by atoms with van der Waals surface area (Å²) in [7, 11) is 0. The molecule has 1 atom stereocenters. The fourth-order valence-electron chi connectivity index (χ4n) is 6.54. The van der Waals surface area contributed by atoms with E-state index in [1.54, 1.807) is 32.9 Å². The molecule has 4 amide bonds. The van der Waals surface area contributed by atoms with Crippen LogP contribution in [0.2, 0.25) is 0 Å². The Hall–Kier alpha value is -4.46. The van der Waals surface area contributed by atoms with Crippen molar-refractivity contribution in [3.8, 4) is 0 Å². The van der Waals surface area contributed by atoms with Crippen molar-refractivity contribution in [2.24, 2.45) is 5.92 Å². The fraction of sp³-hybridized carbons (Fsp3) is 0.531. The topological polar surface area (TPSA) is 145 Å². The fourth-order valence-corrected chi connectivity index (χ4v) is 6.54. The number of benzene rings is 1. The Morgan fingerprint density at radius 1 is 0.913 bits per heavy atom. The summed E-state index contributed by atoms with van der Waals surface area (Å²) in [5.74, 6) is -2.37. The number of nitrogens with one attached hydrogen (secondary N) is 1. The van der Waals surface area contributed by atoms with Gasteiger partial charge in [0.1, 0.15) is 17.5 Å². The SMILES string of the molecule is CC(C)(C)OC(=O)c1ccc(N2CCC(CN3CCN(c4cc5c(cc4F)C(=O)N([C@H]4CCC(=O)NC4=O)C5=O)CC3)CC2)nn1. The molecule has 13 nitrogen and oxygen atoms in total. The second-order valence-corrected chi connectivity index (χ2v) is 13.3. The number of esters is 1. The summed E-state index contributed by atoms with van der Waals surface area (Å²) >= 11 is 0. The Labute approximate surface area is 266 Å². The summed E-state index contributed by atoms with van der Waals surface area (Å²) in [5, 5.41) is 10.5. The number of hydrogen-bond donors (Lipinski definition) is 1. The molecule has 0 spiro atoms. The molecule has 4 aliphatic rings. The van der Waals surface area contributed by atoms with E-state index < -0.39 is 47.1 Å². The summed E-state index contributed by atoms with van der Waals surface area (Å²) in [5.41, 5.74) is -0.149. The Morgan fingerprint density at radius 2 is 1.59 bits per heavy atom. The molecule has 4 aliphatic heterocycles. The van der Waals surface area contributed by atoms with Crippen LogP contribution in [0, 0.1) is 11.7 Å². The average molecular weight is 636 g/mol. The van der Waals surface area contributed by atoms with Crippen LogP contribution in [-0.2, 0) is 14.3 Å². The van der Waals surface area contributed by atoms with Crippen molar-refractivity contribution in [2.75, 3.05) is 55.6 Å². The van der Waals surface area contributed by atoms with Crippen LogP contribution < -0.4 is 15.1 Å². The largest absolute Gasteiger partial charge is 0.455 e. The smallest absolute Gasteiger partial charge is 0.359 e. The minimum absolute atomic E-state index is 0.0205. The molecule has 2 aromatic rings. The Morgan fingerprint density at radius 3 is 2.20 bits per heavy atom. The van der Waals surface area contributed by atoms with Gasteiger partial charge in [-0.3, -0.25) is 34.3 Å². The van der Waals surface area contributed by atoms with Crippen LogP contribution >= 0.6 is 0 Å². The summed E-state index contributed by atoms with van der Waals surface area (Å²) in [6.07, 6.45) is 2.03. The standard InChI is InChI=1S/C32H38FN7O6/c1-32(2,3)46-31(45)23-4-6-26(36-35-23)39-10-8-19(9-11-39)18-37-12-14-38(15-13-37)25-17-21-20(16-22(25)33)29(43)40(30(21)44)24-5-7-27(41)34-28(24)42/h4,6,16-17,19,24H,5,7-15,18H2,1-3H3,(H,34,41,42)/t24-/m0/s1. The maximum absolute atomic E-state index is 15.3. The molecule has 5 heterocycles. The van der Waals surface area contributed by atoms with Crippen LogP contribution in [0.4, 0.5) is 15.9 Å². The summed E-state index contributed by atoms with van der Waals surface area (Å²) in [6.45, 7) is 10.6. The van der Waals surface area contributed by atoms with Crippen LogP contribution in [0.15, 0.2) is 24.3 Å². The minimum atomic E-state index is -1.09. The van der Waals surface area contributed by atoms with Crippen LogP contribution in [0.3, 0.4) is 0 Å². The predicted molar refractivity (Wildman–Crippen MR) is 164 cm³/mol. The van der Waals surface area contributed by atoms with Gasteiger partial charge in [-0.05, 0) is 70.2 Å². The van der Waals surface area contributed by atoms with Crippen LogP contribution in [0.5, 0.6) is 0 Å². The highest BCUT2D eigenvalue weighted by Crippen LogP contribution is 2.33. The molecular weight excluding hydrogens is 597 g/mol. The molecule has 3 saturated heterocycles. The molecule has 3 fully saturated rings. The van der Waals surface area contributed by atoms with Gasteiger partial charge in [-0.1, -0.05) is 0 Å². The number of imide groups is 2. The van der Waals surface area contributed by atoms with Gasteiger partial charge in [0, 0.05) is 52.2 Å². The number of hydrogen-bond acceptors (Lipinski definition) is 11. The molecule has 0 bridgehead atoms. The van der Waals surface area contributed by atoms with E-state index in [1.807, 2.05) is 4.90 Å². The van der Waals surface area contributed by atoms with E-state index in [1.165, 1.54) is 6.07 Å². The molecule has 1 aromatic heterocycles. The number of nitrogens with zero attached hydrogens (tertiary/aromatic N) is 6. The summed E-state index contributed by atoms with van der Waals surface area (Å²) in [6, 6.07) is 4.87. The van der Waals surface area contributed by atoms with Gasteiger partial charge in [-0.15, -0.1) is 10.2 Å². The van der Waals surface area contributed by atoms with Gasteiger partial charge >= 0.3 is 5.97 Å². The van der Waals surface area contributed by atoms with Crippen molar-refractivity contribution in [1.29, 1.82) is 0 Å². The Kier molecular flexibility index (Phi) is 8.49. The van der Waals surface area contributed by atoms with Gasteiger partial charge in [-0.2, -0.15) is 0 Å². The number of carbonyl (C=O) groups excluding carboxylic acids is 5. The first-order chi connectivity index (χ1) is 21.9. The number of ether oxygens (including phenoxy) is 1. The lowest BCUT2D eigenvalue weighted by Gasteiger charge is -2.39. The van der Waals surface area contributed by atoms with E-state index in [0.717, 1.165) is 62.3 Å². The molecule has 14 heteroatoms. The zero-order valence-corrected chi connectivity index (χ0v) is 26.3. The number of carbonyl (C=O) groups is 5. The van der Waals surface area contributed by atoms with Gasteiger partial charge < -0.3 is 14.5 Å². The molecule has 244 valence electrons. The van der Waals surface area contributed by atoms with Crippen molar-refractivity contribution in [3.05, 3.63) is 46.9 Å². The second kappa shape index (κ2) is 12.4. The summed E-state index contributed by atoms with van der Waals surface area (Å²) < 4.78 is 20.7. The van der Waals surface area contributed by atoms with Gasteiger partial charge in [0.05, 0.1) is 16.8 Å². The van der Waals surface area contributed by atoms with E-state index in [9.17, 15) is 24.0 Å². The zero-order chi connectivity index (χ0) is 32.7. The van der Waals surface area contributed by atoms with Gasteiger partial charge in [-0.25, -0.2) is 9.18 Å². The molecule has 0 unspecified atom stereocenters. The number of rotatable bonds is 6. The van der Waals surface area contributed by atoms with Gasteiger partial charge in [0.25, 0.3) is 11.8 Å². The lowest BCUT2D eigenvalue weighted by atomic mass is 9.96. The van der Waals surface area contributed by atoms with Crippen molar-refractivity contribution in [2.45, 2.75) is 58.1 Å². The Bertz CT molecular complexity index is 1560. The quantitative estimate of drug-likeness (QED) is 0.368. The number of piperazine rings is 1. The lowest BCUT2D eigenvalue weighted by molar-refractivity contribution is -0.136. The molecular formula is C32H38FN7O6. The number of aromatic nitrogens is 2. The highest BCUT2D eigenvalue weighted by Gasteiger charge is 2.45. The molecule has 0 aliphatic carbocycles. The molecule has 1 N–H and O–H groups in total. The number of piperidine rings is 2. The normalized spacial score (nSPS) is 21.5. The number of halogens is 1. The lowest BCUT2D eigenvalue weighted by Crippen LogP contribution is -2.54. The van der Waals surface area contributed by atoms with Crippen molar-refractivity contribution < 1.29 is 33.1 Å². The molecule has 0 radical (unpaired) electrons. The third-order valence-corrected chi connectivity index (χ3v) is 8.93. The van der Waals surface area contributed by atoms with Crippen LogP contribution in [0.25, 0.3) is 0 Å². The van der Waals surface area contributed by atoms with E-state index in [4.69, 9.17) is 4.74 Å². The van der Waals surface area contributed by atoms with Gasteiger partial charge in [0.2, 0.25) is 11.8 Å². The molecule has 1 aromatic carbocycles. The third-order valence-electron chi connectivity index (χ3n) is 8.93. The number of amides is 4. The maximum atomic E-state index is 15.3. The number of anilines is 2. The third kappa shape index (κ3) is 6.43. The van der Waals surface area contributed by atoms with Crippen molar-refractivity contribution >= 4 is 41.1 Å². The minimum Gasteiger partial charge on any atom is -0.455 e. The van der Waals surface area contributed by atoms with Gasteiger partial charge in [0.15, 0.2) is 11.5 Å². The van der Waals surface area contributed by atoms with Crippen LogP contribution in [-0.4, -0.2) is 107 Å². The molecule has 0 saturated carbocycles. The Balaban J connectivity index is 1.00. The predicted octanol–water partition coefficient (Wildman–Crippen LogP) is 2.01. The number of fused-ring (bicyclic) bond motifs is 1. The highest BCUT2D eigenvalue weighted by molar-refractivity contribution is 6.23. The van der Waals surface area contributed by atoms with E-state index in [0.29, 0.717) is 19.0 Å². The van der Waals surface area contributed by atoms with E-state index in [2.05, 4.69) is 25.3 Å².